The molecule has 0 atom stereocenters. The van der Waals surface area contributed by atoms with Crippen LogP contribution in [0.3, 0.4) is 0 Å². The molecule has 2 aromatic rings. The molecule has 18 heavy (non-hydrogen) atoms. The molecule has 1 aromatic carbocycles. The van der Waals surface area contributed by atoms with Gasteiger partial charge in [-0.15, -0.1) is 5.10 Å². The van der Waals surface area contributed by atoms with Crippen molar-refractivity contribution in [3.8, 4) is 17.2 Å². The van der Waals surface area contributed by atoms with Gasteiger partial charge < -0.3 is 9.47 Å². The summed E-state index contributed by atoms with van der Waals surface area (Å²) >= 11 is 0. The van der Waals surface area contributed by atoms with Crippen LogP contribution in [0.4, 0.5) is 5.69 Å². The van der Waals surface area contributed by atoms with Crippen LogP contribution in [0.5, 0.6) is 11.5 Å². The Morgan fingerprint density at radius 1 is 1.28 bits per heavy atom. The van der Waals surface area contributed by atoms with Gasteiger partial charge in [0.2, 0.25) is 0 Å². The fourth-order valence-corrected chi connectivity index (χ4v) is 1.65. The van der Waals surface area contributed by atoms with Gasteiger partial charge in [-0.1, -0.05) is 5.11 Å². The highest BCUT2D eigenvalue weighted by atomic mass is 16.6. The Hall–Kier alpha value is -2.80. The first-order valence-electron chi connectivity index (χ1n) is 5.10. The number of tetrazole rings is 1. The molecule has 0 spiro atoms. The molecule has 1 aromatic heterocycles. The van der Waals surface area contributed by atoms with E-state index in [9.17, 15) is 0 Å². The van der Waals surface area contributed by atoms with Gasteiger partial charge in [-0.25, -0.2) is 0 Å². The zero-order valence-electron chi connectivity index (χ0n) is 9.09. The Bertz CT molecular complexity index is 618. The smallest absolute Gasteiger partial charge is 0.163 e. The van der Waals surface area contributed by atoms with Crippen LogP contribution in [0.15, 0.2) is 23.6 Å². The number of nitrogens with zero attached hydrogens (tertiary/aromatic N) is 7. The van der Waals surface area contributed by atoms with Crippen LogP contribution in [0.25, 0.3) is 16.1 Å². The first kappa shape index (κ1) is 10.4. The maximum Gasteiger partial charge on any atom is 0.163 e. The molecule has 0 saturated carbocycles. The highest BCUT2D eigenvalue weighted by Crippen LogP contribution is 2.38. The average molecular weight is 245 g/mol. The predicted octanol–water partition coefficient (Wildman–Crippen LogP) is 1.38. The zero-order valence-corrected chi connectivity index (χ0v) is 9.09. The maximum atomic E-state index is 8.57. The number of ether oxygens (including phenoxy) is 2. The number of benzene rings is 1. The molecule has 0 saturated heterocycles. The summed E-state index contributed by atoms with van der Waals surface area (Å²) < 4.78 is 12.3. The second-order valence-corrected chi connectivity index (χ2v) is 3.43. The summed E-state index contributed by atoms with van der Waals surface area (Å²) in [7, 11) is 0. The normalized spacial score (nSPS) is 12.9. The average Bonchev–Trinajstić information content (AvgIpc) is 2.92. The van der Waals surface area contributed by atoms with E-state index in [1.54, 1.807) is 12.1 Å². The van der Waals surface area contributed by atoms with Gasteiger partial charge in [-0.3, -0.25) is 0 Å². The molecule has 9 nitrogen and oxygen atoms in total. The lowest BCUT2D eigenvalue weighted by Gasteiger charge is -2.19. The van der Waals surface area contributed by atoms with E-state index in [2.05, 4.69) is 25.6 Å². The van der Waals surface area contributed by atoms with Gasteiger partial charge in [-0.05, 0) is 22.0 Å². The van der Waals surface area contributed by atoms with E-state index in [1.165, 1.54) is 11.0 Å². The summed E-state index contributed by atoms with van der Waals surface area (Å²) in [6.45, 7) is 0.940. The van der Waals surface area contributed by atoms with Crippen molar-refractivity contribution in [2.75, 3.05) is 13.2 Å². The van der Waals surface area contributed by atoms with E-state index in [0.29, 0.717) is 36.1 Å². The fraction of sp³-hybridized carbons (Fsp3) is 0.222. The fourth-order valence-electron chi connectivity index (χ4n) is 1.65. The van der Waals surface area contributed by atoms with E-state index in [-0.39, 0.29) is 0 Å². The minimum atomic E-state index is 0.369. The molecule has 0 bridgehead atoms. The molecule has 2 heterocycles. The second kappa shape index (κ2) is 4.22. The van der Waals surface area contributed by atoms with Crippen LogP contribution in [-0.4, -0.2) is 33.4 Å². The molecule has 0 unspecified atom stereocenters. The Labute approximate surface area is 101 Å². The number of rotatable bonds is 2. The molecule has 0 amide bonds. The van der Waals surface area contributed by atoms with Crippen LogP contribution in [0.2, 0.25) is 0 Å². The standard InChI is InChI=1S/C9H7N7O2/c10-13-12-6-3-8-9(18-2-1-17-8)4-7(6)16-5-11-14-15-16/h3-5H,1-2H2. The summed E-state index contributed by atoms with van der Waals surface area (Å²) in [4.78, 5) is 2.77. The van der Waals surface area contributed by atoms with E-state index in [0.717, 1.165) is 0 Å². The molecule has 1 aliphatic heterocycles. The topological polar surface area (TPSA) is 111 Å². The Morgan fingerprint density at radius 2 is 2.06 bits per heavy atom. The monoisotopic (exact) mass is 245 g/mol. The quantitative estimate of drug-likeness (QED) is 0.450. The molecular weight excluding hydrogens is 238 g/mol. The molecule has 1 aliphatic rings. The van der Waals surface area contributed by atoms with Gasteiger partial charge in [0.1, 0.15) is 19.5 Å². The van der Waals surface area contributed by atoms with E-state index < -0.39 is 0 Å². The van der Waals surface area contributed by atoms with Gasteiger partial charge >= 0.3 is 0 Å². The van der Waals surface area contributed by atoms with E-state index in [4.69, 9.17) is 15.0 Å². The third kappa shape index (κ3) is 1.68. The van der Waals surface area contributed by atoms with Gasteiger partial charge in [0, 0.05) is 11.0 Å². The van der Waals surface area contributed by atoms with Gasteiger partial charge in [0.15, 0.2) is 11.5 Å². The molecule has 90 valence electrons. The van der Waals surface area contributed by atoms with Crippen LogP contribution in [0, 0.1) is 0 Å². The molecule has 0 N–H and O–H groups in total. The summed E-state index contributed by atoms with van der Waals surface area (Å²) in [5, 5.41) is 14.4. The lowest BCUT2D eigenvalue weighted by molar-refractivity contribution is 0.171. The molecular formula is C9H7N7O2. The number of azide groups is 1. The van der Waals surface area contributed by atoms with E-state index >= 15 is 0 Å². The zero-order chi connectivity index (χ0) is 12.4. The van der Waals surface area contributed by atoms with Crippen molar-refractivity contribution in [3.05, 3.63) is 28.9 Å². The van der Waals surface area contributed by atoms with Crippen molar-refractivity contribution in [3.63, 3.8) is 0 Å². The summed E-state index contributed by atoms with van der Waals surface area (Å²) in [5.74, 6) is 1.11. The van der Waals surface area contributed by atoms with Crippen molar-refractivity contribution < 1.29 is 9.47 Å². The minimum Gasteiger partial charge on any atom is -0.486 e. The summed E-state index contributed by atoms with van der Waals surface area (Å²) in [5.41, 5.74) is 9.47. The van der Waals surface area contributed by atoms with Crippen LogP contribution in [-0.2, 0) is 0 Å². The summed E-state index contributed by atoms with van der Waals surface area (Å²) in [6, 6.07) is 3.28. The van der Waals surface area contributed by atoms with Gasteiger partial charge in [0.25, 0.3) is 0 Å². The van der Waals surface area contributed by atoms with Gasteiger partial charge in [0.05, 0.1) is 11.4 Å². The Morgan fingerprint density at radius 3 is 2.72 bits per heavy atom. The van der Waals surface area contributed by atoms with Crippen LogP contribution < -0.4 is 9.47 Å². The lowest BCUT2D eigenvalue weighted by Crippen LogP contribution is -2.15. The van der Waals surface area contributed by atoms with Crippen LogP contribution >= 0.6 is 0 Å². The molecule has 9 heteroatoms. The third-order valence-corrected chi connectivity index (χ3v) is 2.39. The van der Waals surface area contributed by atoms with Crippen molar-refractivity contribution in [2.45, 2.75) is 0 Å². The number of fused-ring (bicyclic) bond motifs is 1. The SMILES string of the molecule is [N-]=[N+]=Nc1cc2c(cc1-n1cnnn1)OCCO2. The molecule has 0 radical (unpaired) electrons. The van der Waals surface area contributed by atoms with Crippen molar-refractivity contribution >= 4 is 5.69 Å². The summed E-state index contributed by atoms with van der Waals surface area (Å²) in [6.07, 6.45) is 1.40. The molecule has 0 fully saturated rings. The first-order chi connectivity index (χ1) is 8.88. The van der Waals surface area contributed by atoms with Crippen molar-refractivity contribution in [2.24, 2.45) is 5.11 Å². The van der Waals surface area contributed by atoms with Crippen molar-refractivity contribution in [1.82, 2.24) is 20.2 Å². The van der Waals surface area contributed by atoms with Gasteiger partial charge in [-0.2, -0.15) is 4.68 Å². The van der Waals surface area contributed by atoms with Crippen LogP contribution in [0.1, 0.15) is 0 Å². The number of aromatic nitrogens is 4. The second-order valence-electron chi connectivity index (χ2n) is 3.43. The largest absolute Gasteiger partial charge is 0.486 e. The highest BCUT2D eigenvalue weighted by Gasteiger charge is 2.16. The lowest BCUT2D eigenvalue weighted by atomic mass is 10.2. The predicted molar refractivity (Wildman–Crippen MR) is 59.0 cm³/mol. The molecule has 0 aliphatic carbocycles. The van der Waals surface area contributed by atoms with Crippen molar-refractivity contribution in [1.29, 1.82) is 0 Å². The number of hydrogen-bond acceptors (Lipinski definition) is 6. The maximum absolute atomic E-state index is 8.57. The Balaban J connectivity index is 2.19. The first-order valence-corrected chi connectivity index (χ1v) is 5.10. The highest BCUT2D eigenvalue weighted by molar-refractivity contribution is 5.64. The minimum absolute atomic E-state index is 0.369. The van der Waals surface area contributed by atoms with E-state index in [1.807, 2.05) is 0 Å². The Kier molecular flexibility index (Phi) is 2.43. The third-order valence-electron chi connectivity index (χ3n) is 2.39. The molecule has 3 rings (SSSR count). The number of hydrogen-bond donors (Lipinski definition) is 0.